The highest BCUT2D eigenvalue weighted by atomic mass is 16.7. The highest BCUT2D eigenvalue weighted by Gasteiger charge is 2.12. The lowest BCUT2D eigenvalue weighted by Crippen LogP contribution is -2.13. The number of aromatic amines is 1. The first kappa shape index (κ1) is 16.7. The van der Waals surface area contributed by atoms with E-state index in [0.717, 1.165) is 16.5 Å². The van der Waals surface area contributed by atoms with E-state index < -0.39 is 6.16 Å². The number of carbonyl (C=O) groups excluding carboxylic acids is 1. The highest BCUT2D eigenvalue weighted by molar-refractivity contribution is 5.87. The second kappa shape index (κ2) is 7.66. The van der Waals surface area contributed by atoms with Crippen molar-refractivity contribution in [3.63, 3.8) is 0 Å². The predicted molar refractivity (Wildman–Crippen MR) is 102 cm³/mol. The van der Waals surface area contributed by atoms with Crippen LogP contribution in [0.3, 0.4) is 0 Å². The molecule has 1 aromatic heterocycles. The minimum Gasteiger partial charge on any atom is -0.487 e. The van der Waals surface area contributed by atoms with Crippen molar-refractivity contribution in [2.75, 3.05) is 0 Å². The van der Waals surface area contributed by atoms with Crippen molar-refractivity contribution >= 4 is 17.1 Å². The van der Waals surface area contributed by atoms with Crippen molar-refractivity contribution in [2.45, 2.75) is 6.61 Å². The maximum absolute atomic E-state index is 12.0. The first-order valence-electron chi connectivity index (χ1n) is 8.51. The molecule has 3 aromatic carbocycles. The fourth-order valence-electron chi connectivity index (χ4n) is 2.71. The van der Waals surface area contributed by atoms with Crippen molar-refractivity contribution in [1.82, 2.24) is 4.98 Å². The maximum Gasteiger partial charge on any atom is 0.520 e. The SMILES string of the molecule is O=C(Oc1ccccc1)Oc1cc2cccc(OCc3ccccc3)c2[nH]1. The molecule has 0 atom stereocenters. The minimum absolute atomic E-state index is 0.293. The Kier molecular flexibility index (Phi) is 4.74. The number of hydrogen-bond acceptors (Lipinski definition) is 4. The molecule has 0 saturated heterocycles. The number of carbonyl (C=O) groups is 1. The van der Waals surface area contributed by atoms with Crippen molar-refractivity contribution in [1.29, 1.82) is 0 Å². The van der Waals surface area contributed by atoms with E-state index in [9.17, 15) is 4.79 Å². The van der Waals surface area contributed by atoms with Crippen molar-refractivity contribution in [2.24, 2.45) is 0 Å². The molecular weight excluding hydrogens is 342 g/mol. The zero-order chi connectivity index (χ0) is 18.5. The molecule has 134 valence electrons. The number of hydrogen-bond donors (Lipinski definition) is 1. The van der Waals surface area contributed by atoms with Gasteiger partial charge in [0.1, 0.15) is 18.1 Å². The Morgan fingerprint density at radius 3 is 2.33 bits per heavy atom. The van der Waals surface area contributed by atoms with E-state index in [-0.39, 0.29) is 0 Å². The molecule has 1 N–H and O–H groups in total. The molecule has 0 bridgehead atoms. The summed E-state index contributed by atoms with van der Waals surface area (Å²) in [5.74, 6) is 1.40. The van der Waals surface area contributed by atoms with Gasteiger partial charge in [0.2, 0.25) is 5.88 Å². The van der Waals surface area contributed by atoms with Crippen LogP contribution in [-0.2, 0) is 6.61 Å². The Hall–Kier alpha value is -3.73. The van der Waals surface area contributed by atoms with Gasteiger partial charge in [-0.25, -0.2) is 4.79 Å². The van der Waals surface area contributed by atoms with Crippen LogP contribution in [0.15, 0.2) is 84.9 Å². The average Bonchev–Trinajstić information content (AvgIpc) is 3.10. The van der Waals surface area contributed by atoms with Crippen LogP contribution >= 0.6 is 0 Å². The standard InChI is InChI=1S/C22H17NO4/c24-22(26-18-11-5-2-6-12-18)27-20-14-17-10-7-13-19(21(17)23-20)25-15-16-8-3-1-4-9-16/h1-14,23H,15H2. The number of H-pyrrole nitrogens is 1. The molecule has 4 rings (SSSR count). The number of rotatable bonds is 5. The van der Waals surface area contributed by atoms with Gasteiger partial charge >= 0.3 is 6.16 Å². The van der Waals surface area contributed by atoms with E-state index in [2.05, 4.69) is 4.98 Å². The van der Waals surface area contributed by atoms with E-state index in [1.165, 1.54) is 0 Å². The molecule has 0 aliphatic carbocycles. The molecule has 0 fully saturated rings. The summed E-state index contributed by atoms with van der Waals surface area (Å²) in [6, 6.07) is 26.1. The molecule has 0 aliphatic rings. The van der Waals surface area contributed by atoms with Gasteiger partial charge in [-0.05, 0) is 23.8 Å². The summed E-state index contributed by atoms with van der Waals surface area (Å²) >= 11 is 0. The van der Waals surface area contributed by atoms with Gasteiger partial charge in [-0.15, -0.1) is 0 Å². The Labute approximate surface area is 156 Å². The molecule has 1 heterocycles. The molecule has 0 saturated carbocycles. The number of fused-ring (bicyclic) bond motifs is 1. The molecule has 0 amide bonds. The number of benzene rings is 3. The van der Waals surface area contributed by atoms with Crippen molar-refractivity contribution in [3.8, 4) is 17.4 Å². The van der Waals surface area contributed by atoms with Crippen LogP contribution in [0.4, 0.5) is 4.79 Å². The van der Waals surface area contributed by atoms with Gasteiger partial charge in [0.25, 0.3) is 0 Å². The van der Waals surface area contributed by atoms with Crippen LogP contribution < -0.4 is 14.2 Å². The normalized spacial score (nSPS) is 10.5. The van der Waals surface area contributed by atoms with Gasteiger partial charge in [-0.2, -0.15) is 0 Å². The number of ether oxygens (including phenoxy) is 3. The largest absolute Gasteiger partial charge is 0.520 e. The molecule has 5 heteroatoms. The third-order valence-corrected chi connectivity index (χ3v) is 3.97. The van der Waals surface area contributed by atoms with Crippen LogP contribution in [0, 0.1) is 0 Å². The minimum atomic E-state index is -0.806. The van der Waals surface area contributed by atoms with Crippen LogP contribution in [0.2, 0.25) is 0 Å². The van der Waals surface area contributed by atoms with Crippen LogP contribution in [0.5, 0.6) is 17.4 Å². The second-order valence-corrected chi connectivity index (χ2v) is 5.90. The Morgan fingerprint density at radius 2 is 1.56 bits per heavy atom. The summed E-state index contributed by atoms with van der Waals surface area (Å²) in [6.07, 6.45) is -0.806. The van der Waals surface area contributed by atoms with E-state index >= 15 is 0 Å². The lowest BCUT2D eigenvalue weighted by atomic mass is 10.2. The molecule has 0 aliphatic heterocycles. The van der Waals surface area contributed by atoms with Crippen LogP contribution in [0.25, 0.3) is 10.9 Å². The van der Waals surface area contributed by atoms with Crippen molar-refractivity contribution in [3.05, 3.63) is 90.5 Å². The van der Waals surface area contributed by atoms with Crippen LogP contribution in [-0.4, -0.2) is 11.1 Å². The van der Waals surface area contributed by atoms with Gasteiger partial charge < -0.3 is 19.2 Å². The van der Waals surface area contributed by atoms with E-state index in [0.29, 0.717) is 24.0 Å². The third kappa shape index (κ3) is 4.10. The Morgan fingerprint density at radius 1 is 0.815 bits per heavy atom. The third-order valence-electron chi connectivity index (χ3n) is 3.97. The van der Waals surface area contributed by atoms with Gasteiger partial charge in [-0.3, -0.25) is 0 Å². The number of nitrogens with one attached hydrogen (secondary N) is 1. The quantitative estimate of drug-likeness (QED) is 0.387. The van der Waals surface area contributed by atoms with Gasteiger partial charge in [0.15, 0.2) is 0 Å². The predicted octanol–water partition coefficient (Wildman–Crippen LogP) is 5.32. The lowest BCUT2D eigenvalue weighted by molar-refractivity contribution is 0.150. The molecule has 4 aromatic rings. The smallest absolute Gasteiger partial charge is 0.487 e. The maximum atomic E-state index is 12.0. The van der Waals surface area contributed by atoms with Gasteiger partial charge in [0, 0.05) is 11.5 Å². The first-order valence-corrected chi connectivity index (χ1v) is 8.51. The molecule has 27 heavy (non-hydrogen) atoms. The second-order valence-electron chi connectivity index (χ2n) is 5.90. The van der Waals surface area contributed by atoms with E-state index in [1.807, 2.05) is 54.6 Å². The number of aromatic nitrogens is 1. The molecule has 0 unspecified atom stereocenters. The zero-order valence-electron chi connectivity index (χ0n) is 14.4. The zero-order valence-corrected chi connectivity index (χ0v) is 14.4. The topological polar surface area (TPSA) is 60.6 Å². The summed E-state index contributed by atoms with van der Waals surface area (Å²) in [4.78, 5) is 15.0. The Balaban J connectivity index is 1.48. The fraction of sp³-hybridized carbons (Fsp3) is 0.0455. The summed E-state index contributed by atoms with van der Waals surface area (Å²) in [5, 5.41) is 0.878. The fourth-order valence-corrected chi connectivity index (χ4v) is 2.71. The summed E-state index contributed by atoms with van der Waals surface area (Å²) in [7, 11) is 0. The van der Waals surface area contributed by atoms with E-state index in [4.69, 9.17) is 14.2 Å². The summed E-state index contributed by atoms with van der Waals surface area (Å²) in [6.45, 7) is 0.450. The lowest BCUT2D eigenvalue weighted by Gasteiger charge is -2.07. The molecule has 5 nitrogen and oxygen atoms in total. The van der Waals surface area contributed by atoms with Crippen molar-refractivity contribution < 1.29 is 19.0 Å². The molecular formula is C22H17NO4. The van der Waals surface area contributed by atoms with Crippen LogP contribution in [0.1, 0.15) is 5.56 Å². The molecule has 0 radical (unpaired) electrons. The molecule has 0 spiro atoms. The highest BCUT2D eigenvalue weighted by Crippen LogP contribution is 2.29. The number of para-hydroxylation sites is 2. The summed E-state index contributed by atoms with van der Waals surface area (Å²) in [5.41, 5.74) is 1.83. The average molecular weight is 359 g/mol. The first-order chi connectivity index (χ1) is 13.3. The summed E-state index contributed by atoms with van der Waals surface area (Å²) < 4.78 is 16.3. The monoisotopic (exact) mass is 359 g/mol. The van der Waals surface area contributed by atoms with Gasteiger partial charge in [-0.1, -0.05) is 60.7 Å². The Bertz CT molecular complexity index is 1040. The van der Waals surface area contributed by atoms with E-state index in [1.54, 1.807) is 30.3 Å². The van der Waals surface area contributed by atoms with Gasteiger partial charge in [0.05, 0.1) is 5.52 Å².